The van der Waals surface area contributed by atoms with E-state index in [1.807, 2.05) is 0 Å². The first-order chi connectivity index (χ1) is 16.7. The molecule has 9 nitrogen and oxygen atoms in total. The summed E-state index contributed by atoms with van der Waals surface area (Å²) in [5, 5.41) is 61.8. The summed E-state index contributed by atoms with van der Waals surface area (Å²) in [7, 11) is 0. The van der Waals surface area contributed by atoms with Crippen molar-refractivity contribution in [3.05, 3.63) is 36.4 Å². The fourth-order valence-corrected chi connectivity index (χ4v) is 4.11. The van der Waals surface area contributed by atoms with E-state index >= 15 is 0 Å². The van der Waals surface area contributed by atoms with Crippen LogP contribution in [0.4, 0.5) is 0 Å². The third kappa shape index (κ3) is 5.59. The Morgan fingerprint density at radius 3 is 0.972 bits per heavy atom. The Morgan fingerprint density at radius 1 is 0.611 bits per heavy atom. The van der Waals surface area contributed by atoms with Crippen LogP contribution in [0.3, 0.4) is 0 Å². The highest BCUT2D eigenvalue weighted by atomic mass is 35.5. The summed E-state index contributed by atoms with van der Waals surface area (Å²) < 4.78 is 4.94. The average Bonchev–Trinajstić information content (AvgIpc) is 3.50. The number of ether oxygens (including phenoxy) is 1. The van der Waals surface area contributed by atoms with E-state index in [4.69, 9.17) is 16.3 Å². The number of benzene rings is 4. The molecule has 2 fully saturated rings. The van der Waals surface area contributed by atoms with Gasteiger partial charge in [0, 0.05) is 19.1 Å². The molecule has 0 amide bonds. The van der Waals surface area contributed by atoms with Crippen LogP contribution in [0.1, 0.15) is 25.7 Å². The molecule has 0 spiro atoms. The molecular weight excluding hydrogens is 492 g/mol. The zero-order valence-corrected chi connectivity index (χ0v) is 19.9. The first kappa shape index (κ1) is 26.9. The topological polar surface area (TPSA) is 179 Å². The van der Waals surface area contributed by atoms with Gasteiger partial charge in [-0.05, 0) is 106 Å². The van der Waals surface area contributed by atoms with Crippen molar-refractivity contribution in [3.63, 3.8) is 0 Å². The Balaban J connectivity index is 0.000000248. The minimum absolute atomic E-state index is 0. The lowest BCUT2D eigenvalue weighted by Crippen LogP contribution is -1.85. The Morgan fingerprint density at radius 2 is 0.861 bits per heavy atom. The molecule has 1 saturated carbocycles. The summed E-state index contributed by atoms with van der Waals surface area (Å²) in [6.45, 7) is 2.00. The van der Waals surface area contributed by atoms with Crippen molar-refractivity contribution in [1.82, 2.24) is 0 Å². The van der Waals surface area contributed by atoms with Gasteiger partial charge in [0.05, 0.1) is 0 Å². The molecule has 1 saturated heterocycles. The van der Waals surface area contributed by atoms with E-state index in [0.717, 1.165) is 26.1 Å². The number of phenolic OH excluding ortho intramolecular Hbond substituents is 6. The Labute approximate surface area is 210 Å². The molecule has 1 aliphatic heterocycles. The minimum Gasteiger partial charge on any atom is -0.504 e. The maximum absolute atomic E-state index is 9.97. The number of carbonyl (C=O) groups excluding carboxylic acids is 1. The molecule has 0 atom stereocenters. The van der Waals surface area contributed by atoms with E-state index in [9.17, 15) is 35.4 Å². The lowest BCUT2D eigenvalue weighted by atomic mass is 9.93. The van der Waals surface area contributed by atoms with Gasteiger partial charge in [0.2, 0.25) is 5.24 Å². The van der Waals surface area contributed by atoms with Gasteiger partial charge < -0.3 is 40.9 Å². The van der Waals surface area contributed by atoms with Crippen LogP contribution in [0.2, 0.25) is 0 Å². The molecular formula is C26H27ClO9. The zero-order chi connectivity index (χ0) is 25.3. The quantitative estimate of drug-likeness (QED) is 0.121. The van der Waals surface area contributed by atoms with Gasteiger partial charge >= 0.3 is 0 Å². The van der Waals surface area contributed by atoms with Gasteiger partial charge in [-0.25, -0.2) is 0 Å². The van der Waals surface area contributed by atoms with Crippen LogP contribution >= 0.6 is 11.6 Å². The lowest BCUT2D eigenvalue weighted by molar-refractivity contribution is -0.112. The smallest absolute Gasteiger partial charge is 0.224 e. The number of aromatic hydroxyl groups is 6. The second-order valence-corrected chi connectivity index (χ2v) is 8.93. The minimum atomic E-state index is -0.335. The second kappa shape index (κ2) is 10.9. The highest BCUT2D eigenvalue weighted by molar-refractivity contribution is 6.64. The maximum atomic E-state index is 9.97. The van der Waals surface area contributed by atoms with Gasteiger partial charge in [-0.3, -0.25) is 4.79 Å². The van der Waals surface area contributed by atoms with E-state index in [2.05, 4.69) is 0 Å². The predicted molar refractivity (Wildman–Crippen MR) is 136 cm³/mol. The molecule has 4 aromatic rings. The number of halogens is 1. The van der Waals surface area contributed by atoms with Crippen LogP contribution in [-0.2, 0) is 9.53 Å². The SMILES string of the molecule is C1CCOC1.O.O=C(Cl)C1CC1.Oc1cc2c3cc(O)c(O)cc3c3cc(O)c(O)cc3c2cc1O. The van der Waals surface area contributed by atoms with E-state index in [-0.39, 0.29) is 51.1 Å². The summed E-state index contributed by atoms with van der Waals surface area (Å²) >= 11 is 5.04. The number of hydrogen-bond donors (Lipinski definition) is 6. The van der Waals surface area contributed by atoms with Gasteiger partial charge in [-0.15, -0.1) is 0 Å². The molecule has 6 rings (SSSR count). The fourth-order valence-electron chi connectivity index (χ4n) is 3.89. The summed E-state index contributed by atoms with van der Waals surface area (Å²) in [6, 6.07) is 8.04. The largest absolute Gasteiger partial charge is 0.504 e. The third-order valence-electron chi connectivity index (χ3n) is 5.94. The third-order valence-corrected chi connectivity index (χ3v) is 6.25. The van der Waals surface area contributed by atoms with Crippen molar-refractivity contribution in [1.29, 1.82) is 0 Å². The van der Waals surface area contributed by atoms with Gasteiger partial charge in [-0.1, -0.05) is 0 Å². The van der Waals surface area contributed by atoms with Gasteiger partial charge in [0.1, 0.15) is 0 Å². The molecule has 4 aromatic carbocycles. The number of phenols is 6. The number of rotatable bonds is 1. The first-order valence-electron chi connectivity index (χ1n) is 11.1. The highest BCUT2D eigenvalue weighted by Crippen LogP contribution is 2.45. The fraction of sp³-hybridized carbons (Fsp3) is 0.269. The van der Waals surface area contributed by atoms with Crippen molar-refractivity contribution < 1.29 is 45.6 Å². The molecule has 36 heavy (non-hydrogen) atoms. The molecule has 10 heteroatoms. The molecule has 1 aliphatic carbocycles. The van der Waals surface area contributed by atoms with Crippen LogP contribution < -0.4 is 0 Å². The number of fused-ring (bicyclic) bond motifs is 6. The van der Waals surface area contributed by atoms with Crippen LogP contribution in [0, 0.1) is 5.92 Å². The Hall–Kier alpha value is -3.66. The van der Waals surface area contributed by atoms with Crippen LogP contribution in [0.5, 0.6) is 34.5 Å². The summed E-state index contributed by atoms with van der Waals surface area (Å²) in [6.07, 6.45) is 4.59. The molecule has 2 aliphatic rings. The van der Waals surface area contributed by atoms with Crippen molar-refractivity contribution in [3.8, 4) is 34.5 Å². The zero-order valence-electron chi connectivity index (χ0n) is 19.2. The Kier molecular flexibility index (Phi) is 8.19. The lowest BCUT2D eigenvalue weighted by Gasteiger charge is -2.13. The molecule has 192 valence electrons. The maximum Gasteiger partial charge on any atom is 0.224 e. The Bertz CT molecular complexity index is 1150. The van der Waals surface area contributed by atoms with Crippen LogP contribution in [0.15, 0.2) is 36.4 Å². The summed E-state index contributed by atoms with van der Waals surface area (Å²) in [5.41, 5.74) is 0. The second-order valence-electron chi connectivity index (χ2n) is 8.56. The first-order valence-corrected chi connectivity index (χ1v) is 11.5. The van der Waals surface area contributed by atoms with Gasteiger partial charge in [0.15, 0.2) is 34.5 Å². The van der Waals surface area contributed by atoms with E-state index in [1.54, 1.807) is 0 Å². The molecule has 0 aromatic heterocycles. The molecule has 0 radical (unpaired) electrons. The monoisotopic (exact) mass is 518 g/mol. The number of hydrogen-bond acceptors (Lipinski definition) is 8. The standard InChI is InChI=1S/C18H12O6.C4H5ClO.C4H8O.H2O/c19-13-1-7-8(2-14(13)20)10-4-17(23)18(24)6-12(10)11-5-16(22)15(21)3-9(7)11;5-4(6)3-1-2-3;1-2-4-5-3-1;/h1-6,19-24H;3H,1-2H2;1-4H2;1H2. The van der Waals surface area contributed by atoms with Crippen LogP contribution in [-0.4, -0.2) is 54.6 Å². The van der Waals surface area contributed by atoms with Crippen molar-refractivity contribution in [2.75, 3.05) is 13.2 Å². The highest BCUT2D eigenvalue weighted by Gasteiger charge is 2.27. The normalized spacial score (nSPS) is 14.5. The van der Waals surface area contributed by atoms with E-state index < -0.39 is 0 Å². The molecule has 0 unspecified atom stereocenters. The van der Waals surface area contributed by atoms with Gasteiger partial charge in [0.25, 0.3) is 0 Å². The molecule has 8 N–H and O–H groups in total. The summed E-state index contributed by atoms with van der Waals surface area (Å²) in [5.74, 6) is -1.78. The predicted octanol–water partition coefficient (Wildman–Crippen LogP) is 4.51. The van der Waals surface area contributed by atoms with E-state index in [0.29, 0.717) is 32.3 Å². The van der Waals surface area contributed by atoms with E-state index in [1.165, 1.54) is 49.2 Å². The van der Waals surface area contributed by atoms with Crippen molar-refractivity contribution in [2.45, 2.75) is 25.7 Å². The number of carbonyl (C=O) groups is 1. The van der Waals surface area contributed by atoms with Crippen LogP contribution in [0.25, 0.3) is 32.3 Å². The summed E-state index contributed by atoms with van der Waals surface area (Å²) in [4.78, 5) is 9.97. The molecule has 0 bridgehead atoms. The average molecular weight is 519 g/mol. The van der Waals surface area contributed by atoms with Crippen molar-refractivity contribution >= 4 is 49.2 Å². The van der Waals surface area contributed by atoms with Gasteiger partial charge in [-0.2, -0.15) is 0 Å². The van der Waals surface area contributed by atoms with Crippen molar-refractivity contribution in [2.24, 2.45) is 5.92 Å². The molecule has 1 heterocycles.